The lowest BCUT2D eigenvalue weighted by Gasteiger charge is -2.19. The van der Waals surface area contributed by atoms with Crippen molar-refractivity contribution >= 4 is 10.0 Å². The van der Waals surface area contributed by atoms with E-state index in [0.717, 1.165) is 12.0 Å². The number of fused-ring (bicyclic) bond motifs is 1. The fourth-order valence-electron chi connectivity index (χ4n) is 3.20. The van der Waals surface area contributed by atoms with Crippen LogP contribution in [0.4, 0.5) is 0 Å². The van der Waals surface area contributed by atoms with Crippen LogP contribution in [0.1, 0.15) is 25.8 Å². The van der Waals surface area contributed by atoms with E-state index in [0.29, 0.717) is 18.0 Å². The van der Waals surface area contributed by atoms with Crippen molar-refractivity contribution in [1.29, 1.82) is 0 Å². The fraction of sp³-hybridized carbons (Fsp3) is 0.444. The molecule has 1 unspecified atom stereocenters. The Bertz CT molecular complexity index is 727. The van der Waals surface area contributed by atoms with Crippen LogP contribution in [0.2, 0.25) is 0 Å². The molecule has 2 aliphatic rings. The van der Waals surface area contributed by atoms with Crippen molar-refractivity contribution in [3.8, 4) is 0 Å². The molecule has 118 valence electrons. The topological polar surface area (TPSA) is 37.4 Å². The van der Waals surface area contributed by atoms with Gasteiger partial charge in [-0.05, 0) is 30.9 Å². The fourth-order valence-corrected chi connectivity index (χ4v) is 4.65. The average Bonchev–Trinajstić information content (AvgIpc) is 2.76. The van der Waals surface area contributed by atoms with Gasteiger partial charge < -0.3 is 0 Å². The monoisotopic (exact) mass is 317 g/mol. The second kappa shape index (κ2) is 5.36. The van der Waals surface area contributed by atoms with Gasteiger partial charge in [-0.25, -0.2) is 8.42 Å². The summed E-state index contributed by atoms with van der Waals surface area (Å²) in [6.07, 6.45) is 7.64. The van der Waals surface area contributed by atoms with Gasteiger partial charge in [0.25, 0.3) is 0 Å². The lowest BCUT2D eigenvalue weighted by molar-refractivity contribution is 0.465. The summed E-state index contributed by atoms with van der Waals surface area (Å²) in [4.78, 5) is 0.387. The minimum atomic E-state index is -3.40. The zero-order valence-electron chi connectivity index (χ0n) is 13.4. The first-order valence-corrected chi connectivity index (χ1v) is 9.17. The van der Waals surface area contributed by atoms with E-state index in [9.17, 15) is 8.42 Å². The van der Waals surface area contributed by atoms with Crippen LogP contribution in [-0.4, -0.2) is 25.8 Å². The quantitative estimate of drug-likeness (QED) is 0.783. The van der Waals surface area contributed by atoms with Crippen LogP contribution >= 0.6 is 0 Å². The Labute approximate surface area is 133 Å². The van der Waals surface area contributed by atoms with Gasteiger partial charge in [0.05, 0.1) is 4.90 Å². The number of aryl methyl sites for hydroxylation is 1. The summed E-state index contributed by atoms with van der Waals surface area (Å²) >= 11 is 0. The van der Waals surface area contributed by atoms with Gasteiger partial charge in [0.2, 0.25) is 10.0 Å². The number of hydrogen-bond acceptors (Lipinski definition) is 2. The first-order valence-electron chi connectivity index (χ1n) is 7.73. The smallest absolute Gasteiger partial charge is 0.207 e. The molecular weight excluding hydrogens is 294 g/mol. The Morgan fingerprint density at radius 1 is 1.18 bits per heavy atom. The number of rotatable bonds is 2. The van der Waals surface area contributed by atoms with Crippen LogP contribution < -0.4 is 0 Å². The molecule has 0 radical (unpaired) electrons. The SMILES string of the molecule is Cc1ccc(S(=O)(=O)N2CC3=CC(C)(C)CC=CC3C2)cc1. The van der Waals surface area contributed by atoms with E-state index >= 15 is 0 Å². The zero-order chi connectivity index (χ0) is 16.0. The van der Waals surface area contributed by atoms with Gasteiger partial charge in [-0.3, -0.25) is 0 Å². The molecule has 1 aliphatic heterocycles. The molecule has 1 fully saturated rings. The van der Waals surface area contributed by atoms with Gasteiger partial charge in [0.1, 0.15) is 0 Å². The lowest BCUT2D eigenvalue weighted by Crippen LogP contribution is -2.29. The summed E-state index contributed by atoms with van der Waals surface area (Å²) in [5.74, 6) is 0.224. The Kier molecular flexibility index (Phi) is 3.77. The molecule has 1 aliphatic carbocycles. The molecule has 1 aromatic rings. The van der Waals surface area contributed by atoms with Crippen LogP contribution in [0, 0.1) is 18.3 Å². The van der Waals surface area contributed by atoms with E-state index in [1.54, 1.807) is 16.4 Å². The molecule has 3 rings (SSSR count). The molecule has 0 saturated carbocycles. The molecule has 0 spiro atoms. The van der Waals surface area contributed by atoms with Crippen molar-refractivity contribution < 1.29 is 8.42 Å². The largest absolute Gasteiger partial charge is 0.243 e. The van der Waals surface area contributed by atoms with Gasteiger partial charge in [-0.15, -0.1) is 0 Å². The Hall–Kier alpha value is -1.39. The predicted molar refractivity (Wildman–Crippen MR) is 89.0 cm³/mol. The maximum atomic E-state index is 12.8. The van der Waals surface area contributed by atoms with E-state index in [2.05, 4.69) is 32.1 Å². The normalized spacial score (nSPS) is 24.7. The summed E-state index contributed by atoms with van der Waals surface area (Å²) in [6, 6.07) is 7.10. The third kappa shape index (κ3) is 2.90. The highest BCUT2D eigenvalue weighted by Crippen LogP contribution is 2.36. The first kappa shape index (κ1) is 15.5. The van der Waals surface area contributed by atoms with Crippen LogP contribution in [0.15, 0.2) is 53.0 Å². The standard InChI is InChI=1S/C18H23NO2S/c1-14-6-8-17(9-7-14)22(20,21)19-12-15-5-4-10-18(2,3)11-16(15)13-19/h4-9,11,15H,10,12-13H2,1-3H3. The van der Waals surface area contributed by atoms with E-state index in [-0.39, 0.29) is 11.3 Å². The third-order valence-electron chi connectivity index (χ3n) is 4.48. The first-order chi connectivity index (χ1) is 10.3. The molecule has 1 aromatic carbocycles. The highest BCUT2D eigenvalue weighted by Gasteiger charge is 2.36. The maximum absolute atomic E-state index is 12.8. The average molecular weight is 317 g/mol. The molecule has 0 N–H and O–H groups in total. The summed E-state index contributed by atoms with van der Waals surface area (Å²) in [6.45, 7) is 7.42. The number of hydrogen-bond donors (Lipinski definition) is 0. The van der Waals surface area contributed by atoms with E-state index in [1.165, 1.54) is 5.57 Å². The maximum Gasteiger partial charge on any atom is 0.243 e. The lowest BCUT2D eigenvalue weighted by atomic mass is 9.88. The second-order valence-corrected chi connectivity index (χ2v) is 9.00. The molecule has 22 heavy (non-hydrogen) atoms. The minimum absolute atomic E-state index is 0.101. The van der Waals surface area contributed by atoms with Crippen molar-refractivity contribution in [3.63, 3.8) is 0 Å². The molecular formula is C18H23NO2S. The summed E-state index contributed by atoms with van der Waals surface area (Å²) in [5, 5.41) is 0. The summed E-state index contributed by atoms with van der Waals surface area (Å²) in [7, 11) is -3.40. The van der Waals surface area contributed by atoms with E-state index in [1.807, 2.05) is 19.1 Å². The Morgan fingerprint density at radius 2 is 1.86 bits per heavy atom. The van der Waals surface area contributed by atoms with Crippen molar-refractivity contribution in [2.75, 3.05) is 13.1 Å². The van der Waals surface area contributed by atoms with Gasteiger partial charge >= 0.3 is 0 Å². The van der Waals surface area contributed by atoms with Crippen LogP contribution in [0.5, 0.6) is 0 Å². The van der Waals surface area contributed by atoms with Gasteiger partial charge in [-0.1, -0.05) is 55.3 Å². The van der Waals surface area contributed by atoms with Crippen LogP contribution in [0.25, 0.3) is 0 Å². The Balaban J connectivity index is 1.90. The molecule has 0 aromatic heterocycles. The van der Waals surface area contributed by atoms with Gasteiger partial charge in [0, 0.05) is 19.0 Å². The van der Waals surface area contributed by atoms with E-state index in [4.69, 9.17) is 0 Å². The molecule has 0 bridgehead atoms. The number of allylic oxidation sites excluding steroid dienone is 2. The van der Waals surface area contributed by atoms with Gasteiger partial charge in [-0.2, -0.15) is 4.31 Å². The molecule has 1 atom stereocenters. The van der Waals surface area contributed by atoms with Crippen molar-refractivity contribution in [2.24, 2.45) is 11.3 Å². The molecule has 4 heteroatoms. The van der Waals surface area contributed by atoms with Crippen LogP contribution in [0.3, 0.4) is 0 Å². The predicted octanol–water partition coefficient (Wildman–Crippen LogP) is 3.53. The molecule has 0 amide bonds. The number of nitrogens with zero attached hydrogens (tertiary/aromatic N) is 1. The number of sulfonamides is 1. The third-order valence-corrected chi connectivity index (χ3v) is 6.31. The van der Waals surface area contributed by atoms with Gasteiger partial charge in [0.15, 0.2) is 0 Å². The summed E-state index contributed by atoms with van der Waals surface area (Å²) < 4.78 is 27.2. The zero-order valence-corrected chi connectivity index (χ0v) is 14.2. The van der Waals surface area contributed by atoms with Crippen molar-refractivity contribution in [2.45, 2.75) is 32.1 Å². The molecule has 1 saturated heterocycles. The minimum Gasteiger partial charge on any atom is -0.207 e. The summed E-state index contributed by atoms with van der Waals surface area (Å²) in [5.41, 5.74) is 2.40. The highest BCUT2D eigenvalue weighted by atomic mass is 32.2. The molecule has 3 nitrogen and oxygen atoms in total. The van der Waals surface area contributed by atoms with E-state index < -0.39 is 10.0 Å². The Morgan fingerprint density at radius 3 is 2.55 bits per heavy atom. The molecule has 1 heterocycles. The highest BCUT2D eigenvalue weighted by molar-refractivity contribution is 7.89. The van der Waals surface area contributed by atoms with Crippen molar-refractivity contribution in [1.82, 2.24) is 4.31 Å². The van der Waals surface area contributed by atoms with Crippen molar-refractivity contribution in [3.05, 3.63) is 53.6 Å². The van der Waals surface area contributed by atoms with Crippen LogP contribution in [-0.2, 0) is 10.0 Å². The number of benzene rings is 1. The second-order valence-electron chi connectivity index (χ2n) is 7.06.